The molecule has 0 spiro atoms. The summed E-state index contributed by atoms with van der Waals surface area (Å²) in [6.45, 7) is 8.69. The van der Waals surface area contributed by atoms with E-state index in [-0.39, 0.29) is 0 Å². The predicted molar refractivity (Wildman–Crippen MR) is 77.3 cm³/mol. The summed E-state index contributed by atoms with van der Waals surface area (Å²) in [6, 6.07) is 5.07. The number of hydrogen-bond donors (Lipinski definition) is 0. The molecule has 0 radical (unpaired) electrons. The predicted octanol–water partition coefficient (Wildman–Crippen LogP) is 3.39. The van der Waals surface area contributed by atoms with Gasteiger partial charge in [0, 0.05) is 13.2 Å². The minimum Gasteiger partial charge on any atom is -0.420 e. The van der Waals surface area contributed by atoms with Gasteiger partial charge in [-0.1, -0.05) is 25.0 Å². The molecular formula is C13H26O2Si2. The fourth-order valence-electron chi connectivity index (χ4n) is 3.09. The molecule has 98 valence electrons. The fraction of sp³-hybridized carbons (Fsp3) is 0.846. The van der Waals surface area contributed by atoms with E-state index in [9.17, 15) is 0 Å². The normalized spacial score (nSPS) is 34.5. The molecule has 17 heavy (non-hydrogen) atoms. The van der Waals surface area contributed by atoms with Gasteiger partial charge in [0.2, 0.25) is 8.32 Å². The Kier molecular flexibility index (Phi) is 5.02. The third-order valence-corrected chi connectivity index (χ3v) is 12.0. The highest BCUT2D eigenvalue weighted by atomic mass is 28.4. The van der Waals surface area contributed by atoms with E-state index in [0.717, 1.165) is 13.2 Å². The van der Waals surface area contributed by atoms with Crippen LogP contribution in [0.3, 0.4) is 0 Å². The molecule has 2 saturated heterocycles. The van der Waals surface area contributed by atoms with Crippen molar-refractivity contribution in [2.45, 2.75) is 56.8 Å². The van der Waals surface area contributed by atoms with E-state index in [2.05, 4.69) is 13.5 Å². The molecule has 0 saturated carbocycles. The van der Waals surface area contributed by atoms with Crippen LogP contribution in [-0.2, 0) is 8.85 Å². The second-order valence-electron chi connectivity index (χ2n) is 5.45. The molecule has 2 nitrogen and oxygen atoms in total. The summed E-state index contributed by atoms with van der Waals surface area (Å²) in [5.74, 6) is 0. The van der Waals surface area contributed by atoms with Gasteiger partial charge < -0.3 is 8.85 Å². The van der Waals surface area contributed by atoms with Crippen molar-refractivity contribution < 1.29 is 8.85 Å². The van der Waals surface area contributed by atoms with E-state index in [0.29, 0.717) is 0 Å². The Hall–Kier alpha value is 0.0938. The van der Waals surface area contributed by atoms with Gasteiger partial charge >= 0.3 is 0 Å². The van der Waals surface area contributed by atoms with Crippen molar-refractivity contribution in [3.05, 3.63) is 11.8 Å². The minimum absolute atomic E-state index is 0.957. The maximum Gasteiger partial charge on any atom is 0.219 e. The Morgan fingerprint density at radius 2 is 2.06 bits per heavy atom. The quantitative estimate of drug-likeness (QED) is 0.729. The molecule has 0 aromatic rings. The van der Waals surface area contributed by atoms with E-state index in [1.165, 1.54) is 55.1 Å². The molecule has 2 aliphatic heterocycles. The molecule has 0 bridgehead atoms. The standard InChI is InChI=1S/C13H26O2Si2/c1-3-17(11-7-5-9-15-17)13(2)12-16-10-6-4-8-14-16/h16H,2-12H2,1H3. The first-order valence-corrected chi connectivity index (χ1v) is 11.6. The van der Waals surface area contributed by atoms with Crippen molar-refractivity contribution in [1.82, 2.24) is 0 Å². The summed E-state index contributed by atoms with van der Waals surface area (Å²) >= 11 is 0. The number of hydrogen-bond acceptors (Lipinski definition) is 2. The van der Waals surface area contributed by atoms with Crippen molar-refractivity contribution in [1.29, 1.82) is 0 Å². The van der Waals surface area contributed by atoms with E-state index in [4.69, 9.17) is 8.85 Å². The first kappa shape index (κ1) is 13.5. The Labute approximate surface area is 108 Å². The summed E-state index contributed by atoms with van der Waals surface area (Å²) in [6.07, 6.45) is 5.25. The third-order valence-electron chi connectivity index (χ3n) is 4.32. The smallest absolute Gasteiger partial charge is 0.219 e. The van der Waals surface area contributed by atoms with Gasteiger partial charge in [-0.2, -0.15) is 0 Å². The third kappa shape index (κ3) is 3.31. The van der Waals surface area contributed by atoms with Gasteiger partial charge in [-0.25, -0.2) is 0 Å². The Morgan fingerprint density at radius 3 is 2.65 bits per heavy atom. The molecule has 2 aliphatic rings. The highest BCUT2D eigenvalue weighted by Gasteiger charge is 2.39. The summed E-state index contributed by atoms with van der Waals surface area (Å²) in [5.41, 5.74) is 0. The van der Waals surface area contributed by atoms with Gasteiger partial charge in [0.25, 0.3) is 0 Å². The highest BCUT2D eigenvalue weighted by molar-refractivity contribution is 6.82. The van der Waals surface area contributed by atoms with Crippen LogP contribution in [0.5, 0.6) is 0 Å². The lowest BCUT2D eigenvalue weighted by Gasteiger charge is -2.37. The lowest BCUT2D eigenvalue weighted by Crippen LogP contribution is -2.44. The van der Waals surface area contributed by atoms with E-state index in [1.54, 1.807) is 0 Å². The van der Waals surface area contributed by atoms with Crippen molar-refractivity contribution >= 4 is 17.4 Å². The SMILES string of the molecule is C=C(C[SiH]1CCCCO1)[Si]1(CC)CCCCO1. The first-order valence-electron chi connectivity index (χ1n) is 7.20. The molecule has 2 fully saturated rings. The molecule has 4 heteroatoms. The van der Waals surface area contributed by atoms with E-state index >= 15 is 0 Å². The van der Waals surface area contributed by atoms with Gasteiger partial charge in [0.05, 0.1) is 0 Å². The van der Waals surface area contributed by atoms with Crippen LogP contribution < -0.4 is 0 Å². The average molecular weight is 271 g/mol. The van der Waals surface area contributed by atoms with Crippen LogP contribution in [0, 0.1) is 0 Å². The lowest BCUT2D eigenvalue weighted by molar-refractivity contribution is 0.270. The minimum atomic E-state index is -1.58. The molecule has 0 aromatic heterocycles. The lowest BCUT2D eigenvalue weighted by atomic mass is 10.4. The molecule has 2 atom stereocenters. The zero-order chi connectivity index (χ0) is 12.1. The van der Waals surface area contributed by atoms with Crippen LogP contribution in [0.25, 0.3) is 0 Å². The molecule has 0 aromatic carbocycles. The Morgan fingerprint density at radius 1 is 1.24 bits per heavy atom. The summed E-state index contributed by atoms with van der Waals surface area (Å²) in [5, 5.41) is 1.47. The number of allylic oxidation sites excluding steroid dienone is 1. The summed E-state index contributed by atoms with van der Waals surface area (Å²) in [4.78, 5) is 0. The summed E-state index contributed by atoms with van der Waals surface area (Å²) < 4.78 is 12.2. The van der Waals surface area contributed by atoms with Crippen molar-refractivity contribution in [2.24, 2.45) is 0 Å². The maximum atomic E-state index is 6.22. The molecule has 2 rings (SSSR count). The summed E-state index contributed by atoms with van der Waals surface area (Å²) in [7, 11) is -2.54. The molecule has 0 amide bonds. The van der Waals surface area contributed by atoms with E-state index < -0.39 is 17.4 Å². The van der Waals surface area contributed by atoms with Gasteiger partial charge in [0.15, 0.2) is 9.04 Å². The van der Waals surface area contributed by atoms with Crippen LogP contribution in [-0.4, -0.2) is 30.6 Å². The monoisotopic (exact) mass is 270 g/mol. The van der Waals surface area contributed by atoms with Gasteiger partial charge in [-0.15, -0.1) is 6.58 Å². The van der Waals surface area contributed by atoms with Gasteiger partial charge in [-0.3, -0.25) is 0 Å². The molecule has 0 aliphatic carbocycles. The maximum absolute atomic E-state index is 6.22. The van der Waals surface area contributed by atoms with Crippen LogP contribution >= 0.6 is 0 Å². The fourth-order valence-corrected chi connectivity index (χ4v) is 10.7. The van der Waals surface area contributed by atoms with Crippen LogP contribution in [0.15, 0.2) is 11.8 Å². The van der Waals surface area contributed by atoms with Gasteiger partial charge in [0.1, 0.15) is 0 Å². The van der Waals surface area contributed by atoms with Crippen LogP contribution in [0.4, 0.5) is 0 Å². The average Bonchev–Trinajstić information content (AvgIpc) is 2.40. The highest BCUT2D eigenvalue weighted by Crippen LogP contribution is 2.34. The van der Waals surface area contributed by atoms with Crippen molar-refractivity contribution in [3.63, 3.8) is 0 Å². The molecular weight excluding hydrogens is 244 g/mol. The molecule has 2 unspecified atom stereocenters. The molecule has 0 N–H and O–H groups in total. The Bertz CT molecular complexity index is 256. The largest absolute Gasteiger partial charge is 0.420 e. The zero-order valence-electron chi connectivity index (χ0n) is 11.2. The first-order chi connectivity index (χ1) is 8.27. The van der Waals surface area contributed by atoms with Crippen LogP contribution in [0.1, 0.15) is 32.6 Å². The Balaban J connectivity index is 1.91. The second kappa shape index (κ2) is 6.32. The van der Waals surface area contributed by atoms with Gasteiger partial charge in [-0.05, 0) is 37.0 Å². The topological polar surface area (TPSA) is 18.5 Å². The van der Waals surface area contributed by atoms with E-state index in [1.807, 2.05) is 0 Å². The second-order valence-corrected chi connectivity index (χ2v) is 12.2. The van der Waals surface area contributed by atoms with Crippen molar-refractivity contribution in [2.75, 3.05) is 13.2 Å². The number of rotatable bonds is 4. The van der Waals surface area contributed by atoms with Crippen LogP contribution in [0.2, 0.25) is 24.2 Å². The molecule has 2 heterocycles. The van der Waals surface area contributed by atoms with Crippen molar-refractivity contribution in [3.8, 4) is 0 Å². The zero-order valence-corrected chi connectivity index (χ0v) is 13.3.